The molecule has 1 aromatic carbocycles. The molecule has 0 spiro atoms. The molecule has 2 aromatic rings. The highest BCUT2D eigenvalue weighted by molar-refractivity contribution is 7.81. The van der Waals surface area contributed by atoms with Gasteiger partial charge in [-0.15, -0.1) is 0 Å². The fourth-order valence-electron chi connectivity index (χ4n) is 3.38. The minimum atomic E-state index is -0.568. The number of pyridine rings is 1. The summed E-state index contributed by atoms with van der Waals surface area (Å²) in [4.78, 5) is 30.4. The van der Waals surface area contributed by atoms with Crippen molar-refractivity contribution in [2.24, 2.45) is 5.73 Å². The van der Waals surface area contributed by atoms with Crippen LogP contribution >= 0.6 is 12.8 Å². The molecule has 1 fully saturated rings. The molecule has 3 amide bonds. The molecule has 0 aliphatic carbocycles. The molecule has 154 valence electrons. The summed E-state index contributed by atoms with van der Waals surface area (Å²) in [6.45, 7) is 5.48. The number of hydrogen-bond donors (Lipinski definition) is 5. The topological polar surface area (TPSA) is 112 Å². The first-order valence-electron chi connectivity index (χ1n) is 9.48. The van der Waals surface area contributed by atoms with E-state index in [-0.39, 0.29) is 17.6 Å². The zero-order valence-corrected chi connectivity index (χ0v) is 17.4. The van der Waals surface area contributed by atoms with Gasteiger partial charge in [0.05, 0.1) is 5.56 Å². The molecule has 1 saturated heterocycles. The number of rotatable bonds is 5. The molecule has 9 heteroatoms. The average Bonchev–Trinajstić information content (AvgIpc) is 2.70. The molecule has 5 N–H and O–H groups in total. The van der Waals surface area contributed by atoms with Gasteiger partial charge in [-0.05, 0) is 62.1 Å². The summed E-state index contributed by atoms with van der Waals surface area (Å²) >= 11 is 4.01. The minimum Gasteiger partial charge on any atom is -0.365 e. The molecule has 1 aliphatic heterocycles. The molecule has 0 bridgehead atoms. The lowest BCUT2D eigenvalue weighted by atomic mass is 10.1. The number of thiol groups is 1. The number of aryl methyl sites for hydroxylation is 2. The van der Waals surface area contributed by atoms with E-state index in [1.54, 1.807) is 12.1 Å². The maximum absolute atomic E-state index is 12.4. The molecule has 0 unspecified atom stereocenters. The van der Waals surface area contributed by atoms with Crippen LogP contribution in [0.5, 0.6) is 0 Å². The molecule has 3 rings (SSSR count). The van der Waals surface area contributed by atoms with Crippen LogP contribution in [-0.2, 0) is 0 Å². The van der Waals surface area contributed by atoms with Crippen LogP contribution < -0.4 is 26.0 Å². The number of urea groups is 1. The first-order valence-corrected chi connectivity index (χ1v) is 9.92. The van der Waals surface area contributed by atoms with Crippen molar-refractivity contribution >= 4 is 42.1 Å². The summed E-state index contributed by atoms with van der Waals surface area (Å²) < 4.78 is 2.61. The first-order chi connectivity index (χ1) is 13.9. The third kappa shape index (κ3) is 5.11. The summed E-state index contributed by atoms with van der Waals surface area (Å²) in [6.07, 6.45) is 1.80. The van der Waals surface area contributed by atoms with Gasteiger partial charge in [-0.25, -0.2) is 9.78 Å². The minimum absolute atomic E-state index is 0.0136. The van der Waals surface area contributed by atoms with Gasteiger partial charge in [-0.3, -0.25) is 4.79 Å². The van der Waals surface area contributed by atoms with Crippen LogP contribution in [0.1, 0.15) is 34.3 Å². The number of carbonyl (C=O) groups excluding carboxylic acids is 2. The van der Waals surface area contributed by atoms with Gasteiger partial charge >= 0.3 is 6.03 Å². The van der Waals surface area contributed by atoms with E-state index >= 15 is 0 Å². The van der Waals surface area contributed by atoms with Crippen LogP contribution in [0.2, 0.25) is 0 Å². The molecular formula is C20H26N6O2S. The molecule has 0 saturated carbocycles. The molecular weight excluding hydrogens is 388 g/mol. The van der Waals surface area contributed by atoms with E-state index in [4.69, 9.17) is 5.73 Å². The van der Waals surface area contributed by atoms with E-state index in [1.807, 2.05) is 32.0 Å². The van der Waals surface area contributed by atoms with Crippen LogP contribution in [0.25, 0.3) is 0 Å². The Bertz CT molecular complexity index is 920. The number of benzene rings is 1. The Kier molecular flexibility index (Phi) is 6.48. The van der Waals surface area contributed by atoms with Gasteiger partial charge < -0.3 is 26.0 Å². The van der Waals surface area contributed by atoms with Crippen molar-refractivity contribution in [2.45, 2.75) is 32.7 Å². The van der Waals surface area contributed by atoms with Crippen LogP contribution in [0.4, 0.5) is 22.1 Å². The van der Waals surface area contributed by atoms with Gasteiger partial charge in [0, 0.05) is 24.8 Å². The maximum atomic E-state index is 12.4. The number of piperidine rings is 1. The Morgan fingerprint density at radius 2 is 2.00 bits per heavy atom. The zero-order chi connectivity index (χ0) is 21.0. The number of nitrogens with zero attached hydrogens (tertiary/aromatic N) is 2. The van der Waals surface area contributed by atoms with Gasteiger partial charge in [0.1, 0.15) is 5.82 Å². The van der Waals surface area contributed by atoms with E-state index in [1.165, 1.54) is 5.56 Å². The van der Waals surface area contributed by atoms with E-state index in [0.29, 0.717) is 18.2 Å². The number of aromatic nitrogens is 1. The number of hydrogen-bond acceptors (Lipinski definition) is 6. The van der Waals surface area contributed by atoms with E-state index < -0.39 is 5.91 Å². The second kappa shape index (κ2) is 9.04. The lowest BCUT2D eigenvalue weighted by Crippen LogP contribution is -2.49. The predicted octanol–water partition coefficient (Wildman–Crippen LogP) is 2.84. The van der Waals surface area contributed by atoms with Gasteiger partial charge in [0.2, 0.25) is 0 Å². The monoisotopic (exact) mass is 414 g/mol. The van der Waals surface area contributed by atoms with Crippen molar-refractivity contribution < 1.29 is 9.59 Å². The molecule has 8 nitrogen and oxygen atoms in total. The fraction of sp³-hybridized carbons (Fsp3) is 0.350. The molecule has 29 heavy (non-hydrogen) atoms. The Labute approximate surface area is 175 Å². The molecule has 1 aromatic heterocycles. The van der Waals surface area contributed by atoms with E-state index in [9.17, 15) is 9.59 Å². The van der Waals surface area contributed by atoms with Crippen molar-refractivity contribution in [3.8, 4) is 0 Å². The SMILES string of the molecule is Cc1ccc(NC(=O)N[C@@H]2CCCN(c3ccc(C(N)=O)c(NS)n3)C2)cc1C. The third-order valence-corrected chi connectivity index (χ3v) is 5.31. The predicted molar refractivity (Wildman–Crippen MR) is 119 cm³/mol. The second-order valence-corrected chi connectivity index (χ2v) is 7.45. The number of primary amides is 1. The number of nitrogens with one attached hydrogen (secondary N) is 3. The summed E-state index contributed by atoms with van der Waals surface area (Å²) in [5.74, 6) is 0.454. The van der Waals surface area contributed by atoms with Crippen molar-refractivity contribution in [1.82, 2.24) is 10.3 Å². The second-order valence-electron chi connectivity index (χ2n) is 7.22. The van der Waals surface area contributed by atoms with Crippen LogP contribution in [-0.4, -0.2) is 36.1 Å². The molecule has 1 aliphatic rings. The van der Waals surface area contributed by atoms with Gasteiger partial charge in [0.15, 0.2) is 5.82 Å². The number of anilines is 3. The van der Waals surface area contributed by atoms with Crippen LogP contribution in [0.15, 0.2) is 30.3 Å². The molecule has 2 heterocycles. The van der Waals surface area contributed by atoms with Crippen molar-refractivity contribution in [3.63, 3.8) is 0 Å². The Morgan fingerprint density at radius 1 is 1.21 bits per heavy atom. The van der Waals surface area contributed by atoms with Crippen LogP contribution in [0, 0.1) is 13.8 Å². The molecule has 1 atom stereocenters. The first kappa shape index (κ1) is 20.8. The Balaban J connectivity index is 1.63. The summed E-state index contributed by atoms with van der Waals surface area (Å²) in [6, 6.07) is 8.99. The van der Waals surface area contributed by atoms with Gasteiger partial charge in [0.25, 0.3) is 5.91 Å². The van der Waals surface area contributed by atoms with Crippen molar-refractivity contribution in [3.05, 3.63) is 47.0 Å². The van der Waals surface area contributed by atoms with E-state index in [0.717, 1.165) is 30.6 Å². The summed E-state index contributed by atoms with van der Waals surface area (Å²) in [5.41, 5.74) is 8.72. The molecule has 0 radical (unpaired) electrons. The Morgan fingerprint density at radius 3 is 2.69 bits per heavy atom. The number of carbonyl (C=O) groups is 2. The summed E-state index contributed by atoms with van der Waals surface area (Å²) in [5, 5.41) is 5.93. The highest BCUT2D eigenvalue weighted by Gasteiger charge is 2.23. The van der Waals surface area contributed by atoms with Crippen molar-refractivity contribution in [2.75, 3.05) is 28.0 Å². The highest BCUT2D eigenvalue weighted by atomic mass is 32.1. The van der Waals surface area contributed by atoms with Gasteiger partial charge in [-0.2, -0.15) is 0 Å². The third-order valence-electron chi connectivity index (χ3n) is 5.10. The van der Waals surface area contributed by atoms with Crippen LogP contribution in [0.3, 0.4) is 0 Å². The number of amides is 3. The summed E-state index contributed by atoms with van der Waals surface area (Å²) in [7, 11) is 0. The number of nitrogens with two attached hydrogens (primary N) is 1. The maximum Gasteiger partial charge on any atom is 0.319 e. The lowest BCUT2D eigenvalue weighted by molar-refractivity contribution is 0.100. The quantitative estimate of drug-likeness (QED) is 0.483. The standard InChI is InChI=1S/C20H26N6O2S/c1-12-5-6-14(10-13(12)2)22-20(28)23-15-4-3-9-26(11-15)17-8-7-16(18(21)27)19(24-17)25-29/h5-8,10,15,29H,3-4,9,11H2,1-2H3,(H2,21,27)(H,24,25)(H2,22,23,28)/t15-/m1/s1. The fourth-order valence-corrected chi connectivity index (χ4v) is 3.55. The smallest absolute Gasteiger partial charge is 0.319 e. The highest BCUT2D eigenvalue weighted by Crippen LogP contribution is 2.23. The van der Waals surface area contributed by atoms with E-state index in [2.05, 4.69) is 38.1 Å². The largest absolute Gasteiger partial charge is 0.365 e. The van der Waals surface area contributed by atoms with Gasteiger partial charge in [-0.1, -0.05) is 18.9 Å². The van der Waals surface area contributed by atoms with Crippen molar-refractivity contribution in [1.29, 1.82) is 0 Å². The normalized spacial score (nSPS) is 16.2. The Hall–Kier alpha value is -2.94. The zero-order valence-electron chi connectivity index (χ0n) is 16.5. The average molecular weight is 415 g/mol. The lowest BCUT2D eigenvalue weighted by Gasteiger charge is -2.34.